The maximum atomic E-state index is 10.3. The largest absolute Gasteiger partial charge is 0.391 e. The molecule has 3 fully saturated rings. The van der Waals surface area contributed by atoms with Crippen molar-refractivity contribution < 1.29 is 5.11 Å². The topological polar surface area (TPSA) is 35.5 Å². The fourth-order valence-corrected chi connectivity index (χ4v) is 4.37. The van der Waals surface area contributed by atoms with Crippen LogP contribution in [-0.2, 0) is 0 Å². The Kier molecular flexibility index (Phi) is 3.92. The molecule has 0 aromatic carbocycles. The molecule has 3 nitrogen and oxygen atoms in total. The number of nitrogens with one attached hydrogen (secondary N) is 1. The van der Waals surface area contributed by atoms with Gasteiger partial charge in [0.15, 0.2) is 0 Å². The van der Waals surface area contributed by atoms with E-state index < -0.39 is 0 Å². The van der Waals surface area contributed by atoms with Crippen LogP contribution >= 0.6 is 0 Å². The van der Waals surface area contributed by atoms with Crippen molar-refractivity contribution >= 4 is 0 Å². The van der Waals surface area contributed by atoms with Crippen LogP contribution in [0.4, 0.5) is 0 Å². The first-order chi connectivity index (χ1) is 8.74. The van der Waals surface area contributed by atoms with Crippen molar-refractivity contribution in [3.05, 3.63) is 0 Å². The van der Waals surface area contributed by atoms with Crippen LogP contribution in [0.25, 0.3) is 0 Å². The summed E-state index contributed by atoms with van der Waals surface area (Å²) in [5.74, 6) is 0. The van der Waals surface area contributed by atoms with Crippen LogP contribution in [0.2, 0.25) is 0 Å². The number of aliphatic hydroxyl groups excluding tert-OH is 1. The quantitative estimate of drug-likeness (QED) is 0.737. The summed E-state index contributed by atoms with van der Waals surface area (Å²) in [7, 11) is 2.26. The average Bonchev–Trinajstić information content (AvgIpc) is 2.59. The molecule has 0 aromatic rings. The van der Waals surface area contributed by atoms with Gasteiger partial charge in [0.25, 0.3) is 0 Å². The van der Waals surface area contributed by atoms with Gasteiger partial charge in [-0.15, -0.1) is 0 Å². The SMILES string of the molecule is CN(C1CC2CCC(C1)N2)C1CCCCCC1O. The predicted molar refractivity (Wildman–Crippen MR) is 73.6 cm³/mol. The van der Waals surface area contributed by atoms with E-state index in [0.717, 1.165) is 18.5 Å². The van der Waals surface area contributed by atoms with Crippen molar-refractivity contribution in [2.45, 2.75) is 88.1 Å². The molecule has 0 radical (unpaired) electrons. The number of piperidine rings is 1. The zero-order chi connectivity index (χ0) is 12.5. The van der Waals surface area contributed by atoms with E-state index in [2.05, 4.69) is 17.3 Å². The molecule has 2 bridgehead atoms. The Morgan fingerprint density at radius 1 is 0.944 bits per heavy atom. The summed E-state index contributed by atoms with van der Waals surface area (Å²) in [6, 6.07) is 2.61. The predicted octanol–water partition coefficient (Wildman–Crippen LogP) is 1.89. The monoisotopic (exact) mass is 252 g/mol. The van der Waals surface area contributed by atoms with Gasteiger partial charge in [-0.3, -0.25) is 4.90 Å². The van der Waals surface area contributed by atoms with Crippen LogP contribution in [0, 0.1) is 0 Å². The molecule has 4 unspecified atom stereocenters. The first-order valence-electron chi connectivity index (χ1n) is 7.90. The summed E-state index contributed by atoms with van der Waals surface area (Å²) in [4.78, 5) is 2.53. The Bertz CT molecular complexity index is 272. The summed E-state index contributed by atoms with van der Waals surface area (Å²) in [6.45, 7) is 0. The van der Waals surface area contributed by atoms with Crippen LogP contribution in [0.5, 0.6) is 0 Å². The molecule has 1 saturated carbocycles. The third-order valence-electron chi connectivity index (χ3n) is 5.49. The van der Waals surface area contributed by atoms with Gasteiger partial charge in [0.2, 0.25) is 0 Å². The van der Waals surface area contributed by atoms with Gasteiger partial charge < -0.3 is 10.4 Å². The maximum absolute atomic E-state index is 10.3. The number of fused-ring (bicyclic) bond motifs is 2. The smallest absolute Gasteiger partial charge is 0.0695 e. The molecule has 18 heavy (non-hydrogen) atoms. The van der Waals surface area contributed by atoms with Crippen molar-refractivity contribution in [1.82, 2.24) is 10.2 Å². The zero-order valence-electron chi connectivity index (χ0n) is 11.6. The Morgan fingerprint density at radius 3 is 2.33 bits per heavy atom. The van der Waals surface area contributed by atoms with Gasteiger partial charge in [0, 0.05) is 24.2 Å². The van der Waals surface area contributed by atoms with Gasteiger partial charge >= 0.3 is 0 Å². The highest BCUT2D eigenvalue weighted by molar-refractivity contribution is 4.97. The number of rotatable bonds is 2. The second kappa shape index (κ2) is 5.48. The second-order valence-corrected chi connectivity index (χ2v) is 6.70. The molecule has 1 aliphatic carbocycles. The summed E-state index contributed by atoms with van der Waals surface area (Å²) in [5, 5.41) is 14.1. The first kappa shape index (κ1) is 12.9. The molecule has 0 amide bonds. The second-order valence-electron chi connectivity index (χ2n) is 6.70. The molecule has 3 rings (SSSR count). The number of hydrogen-bond donors (Lipinski definition) is 2. The van der Waals surface area contributed by atoms with E-state index in [0.29, 0.717) is 12.1 Å². The standard InChI is InChI=1S/C15H28N2O/c1-17(14-5-3-2-4-6-15(14)18)13-9-11-7-8-12(10-13)16-11/h11-16,18H,2-10H2,1H3. The van der Waals surface area contributed by atoms with Gasteiger partial charge in [0.1, 0.15) is 0 Å². The first-order valence-corrected chi connectivity index (χ1v) is 7.90. The van der Waals surface area contributed by atoms with Crippen molar-refractivity contribution in [3.8, 4) is 0 Å². The highest BCUT2D eigenvalue weighted by Gasteiger charge is 2.38. The van der Waals surface area contributed by atoms with Crippen LogP contribution in [0.15, 0.2) is 0 Å². The number of aliphatic hydroxyl groups is 1. The Morgan fingerprint density at radius 2 is 1.61 bits per heavy atom. The Balaban J connectivity index is 1.63. The van der Waals surface area contributed by atoms with Gasteiger partial charge in [-0.1, -0.05) is 19.3 Å². The average molecular weight is 252 g/mol. The molecular formula is C15H28N2O. The maximum Gasteiger partial charge on any atom is 0.0695 e. The van der Waals surface area contributed by atoms with Crippen LogP contribution in [-0.4, -0.2) is 47.3 Å². The normalized spacial score (nSPS) is 45.2. The molecule has 3 heteroatoms. The number of hydrogen-bond acceptors (Lipinski definition) is 3. The zero-order valence-corrected chi connectivity index (χ0v) is 11.6. The Hall–Kier alpha value is -0.120. The van der Waals surface area contributed by atoms with Crippen LogP contribution in [0.1, 0.15) is 57.8 Å². The van der Waals surface area contributed by atoms with Crippen molar-refractivity contribution in [1.29, 1.82) is 0 Å². The van der Waals surface area contributed by atoms with Gasteiger partial charge in [-0.2, -0.15) is 0 Å². The molecule has 2 heterocycles. The van der Waals surface area contributed by atoms with E-state index in [1.807, 2.05) is 0 Å². The van der Waals surface area contributed by atoms with Crippen molar-refractivity contribution in [3.63, 3.8) is 0 Å². The Labute approximate surface area is 111 Å². The lowest BCUT2D eigenvalue weighted by Crippen LogP contribution is -2.52. The highest BCUT2D eigenvalue weighted by Crippen LogP contribution is 2.32. The minimum Gasteiger partial charge on any atom is -0.391 e. The van der Waals surface area contributed by atoms with Gasteiger partial charge in [0.05, 0.1) is 6.10 Å². The highest BCUT2D eigenvalue weighted by atomic mass is 16.3. The van der Waals surface area contributed by atoms with Gasteiger partial charge in [-0.05, 0) is 45.6 Å². The van der Waals surface area contributed by atoms with E-state index in [9.17, 15) is 5.11 Å². The van der Waals surface area contributed by atoms with E-state index >= 15 is 0 Å². The summed E-state index contributed by atoms with van der Waals surface area (Å²) < 4.78 is 0. The number of likely N-dealkylation sites (N-methyl/N-ethyl adjacent to an activating group) is 1. The molecule has 2 saturated heterocycles. The molecule has 2 N–H and O–H groups in total. The van der Waals surface area contributed by atoms with E-state index in [-0.39, 0.29) is 6.10 Å². The minimum atomic E-state index is -0.0926. The minimum absolute atomic E-state index is 0.0926. The molecule has 4 atom stereocenters. The lowest BCUT2D eigenvalue weighted by atomic mass is 9.94. The lowest BCUT2D eigenvalue weighted by molar-refractivity contribution is 0.0230. The van der Waals surface area contributed by atoms with Crippen LogP contribution in [0.3, 0.4) is 0 Å². The van der Waals surface area contributed by atoms with Crippen LogP contribution < -0.4 is 5.32 Å². The fourth-order valence-electron chi connectivity index (χ4n) is 4.37. The van der Waals surface area contributed by atoms with Crippen molar-refractivity contribution in [2.75, 3.05) is 7.05 Å². The molecule has 0 spiro atoms. The number of nitrogens with zero attached hydrogens (tertiary/aromatic N) is 1. The molecule has 104 valence electrons. The third-order valence-corrected chi connectivity index (χ3v) is 5.49. The molecule has 2 aliphatic heterocycles. The summed E-state index contributed by atoms with van der Waals surface area (Å²) >= 11 is 0. The van der Waals surface area contributed by atoms with E-state index in [4.69, 9.17) is 0 Å². The fraction of sp³-hybridized carbons (Fsp3) is 1.00. The van der Waals surface area contributed by atoms with Crippen molar-refractivity contribution in [2.24, 2.45) is 0 Å². The van der Waals surface area contributed by atoms with E-state index in [1.165, 1.54) is 51.4 Å². The third kappa shape index (κ3) is 2.59. The molecule has 3 aliphatic rings. The lowest BCUT2D eigenvalue weighted by Gasteiger charge is -2.41. The van der Waals surface area contributed by atoms with E-state index in [1.54, 1.807) is 0 Å². The molecular weight excluding hydrogens is 224 g/mol. The van der Waals surface area contributed by atoms with Gasteiger partial charge in [-0.25, -0.2) is 0 Å². The summed E-state index contributed by atoms with van der Waals surface area (Å²) in [6.07, 6.45) is 11.2. The molecule has 0 aromatic heterocycles. The summed E-state index contributed by atoms with van der Waals surface area (Å²) in [5.41, 5.74) is 0.